The van der Waals surface area contributed by atoms with E-state index in [-0.39, 0.29) is 11.9 Å². The first-order valence-electron chi connectivity index (χ1n) is 6.72. The van der Waals surface area contributed by atoms with Crippen LogP contribution in [-0.4, -0.2) is 25.7 Å². The second-order valence-electron chi connectivity index (χ2n) is 5.24. The third-order valence-corrected chi connectivity index (χ3v) is 3.86. The van der Waals surface area contributed by atoms with E-state index in [0.29, 0.717) is 32.6 Å². The highest BCUT2D eigenvalue weighted by Crippen LogP contribution is 2.30. The molecule has 1 aliphatic heterocycles. The summed E-state index contributed by atoms with van der Waals surface area (Å²) in [6, 6.07) is 3.64. The van der Waals surface area contributed by atoms with Gasteiger partial charge in [0.25, 0.3) is 0 Å². The number of amides is 1. The molecule has 1 saturated heterocycles. The highest BCUT2D eigenvalue weighted by atomic mass is 16.5. The van der Waals surface area contributed by atoms with Crippen molar-refractivity contribution in [3.63, 3.8) is 0 Å². The number of nitrogens with one attached hydrogen (secondary N) is 1. The van der Waals surface area contributed by atoms with E-state index >= 15 is 0 Å². The van der Waals surface area contributed by atoms with Gasteiger partial charge in [0.15, 0.2) is 0 Å². The summed E-state index contributed by atoms with van der Waals surface area (Å²) in [7, 11) is 0. The predicted octanol–water partition coefficient (Wildman–Crippen LogP) is 1.52. The van der Waals surface area contributed by atoms with Crippen LogP contribution in [0.15, 0.2) is 16.5 Å². The fraction of sp³-hybridized carbons (Fsp3) is 0.643. The highest BCUT2D eigenvalue weighted by molar-refractivity contribution is 5.83. The molecule has 5 nitrogen and oxygen atoms in total. The molecule has 0 aliphatic carbocycles. The van der Waals surface area contributed by atoms with E-state index in [1.54, 1.807) is 0 Å². The Morgan fingerprint density at radius 3 is 2.68 bits per heavy atom. The summed E-state index contributed by atoms with van der Waals surface area (Å²) in [5, 5.41) is 3.00. The van der Waals surface area contributed by atoms with Crippen molar-refractivity contribution < 1.29 is 13.9 Å². The monoisotopic (exact) mass is 266 g/mol. The van der Waals surface area contributed by atoms with Crippen molar-refractivity contribution in [1.82, 2.24) is 5.32 Å². The Bertz CT molecular complexity index is 436. The van der Waals surface area contributed by atoms with Crippen LogP contribution in [0.5, 0.6) is 0 Å². The Balaban J connectivity index is 2.03. The Morgan fingerprint density at radius 1 is 1.47 bits per heavy atom. The van der Waals surface area contributed by atoms with E-state index in [4.69, 9.17) is 14.9 Å². The normalized spacial score (nSPS) is 19.9. The van der Waals surface area contributed by atoms with E-state index in [1.165, 1.54) is 0 Å². The molecule has 0 spiro atoms. The summed E-state index contributed by atoms with van der Waals surface area (Å²) >= 11 is 0. The van der Waals surface area contributed by atoms with Crippen molar-refractivity contribution in [2.24, 2.45) is 11.1 Å². The molecule has 1 fully saturated rings. The Labute approximate surface area is 113 Å². The van der Waals surface area contributed by atoms with Crippen molar-refractivity contribution in [2.75, 3.05) is 19.8 Å². The lowest BCUT2D eigenvalue weighted by molar-refractivity contribution is -0.136. The molecule has 1 amide bonds. The van der Waals surface area contributed by atoms with Crippen LogP contribution < -0.4 is 11.1 Å². The average Bonchev–Trinajstić information content (AvgIpc) is 2.86. The maximum atomic E-state index is 12.5. The van der Waals surface area contributed by atoms with E-state index in [9.17, 15) is 4.79 Å². The zero-order valence-corrected chi connectivity index (χ0v) is 11.6. The van der Waals surface area contributed by atoms with Gasteiger partial charge in [0.1, 0.15) is 11.5 Å². The molecule has 0 bridgehead atoms. The van der Waals surface area contributed by atoms with Gasteiger partial charge >= 0.3 is 0 Å². The average molecular weight is 266 g/mol. The van der Waals surface area contributed by atoms with Crippen LogP contribution in [0.25, 0.3) is 0 Å². The molecule has 1 aromatic heterocycles. The molecular formula is C14H22N2O3. The van der Waals surface area contributed by atoms with Crippen LogP contribution >= 0.6 is 0 Å². The molecule has 2 heterocycles. The lowest BCUT2D eigenvalue weighted by Gasteiger charge is -2.35. The van der Waals surface area contributed by atoms with Crippen LogP contribution in [0.4, 0.5) is 0 Å². The Kier molecular flexibility index (Phi) is 4.27. The van der Waals surface area contributed by atoms with Gasteiger partial charge in [0.05, 0.1) is 11.5 Å². The number of furan rings is 1. The van der Waals surface area contributed by atoms with Crippen molar-refractivity contribution in [2.45, 2.75) is 32.7 Å². The molecule has 0 saturated carbocycles. The van der Waals surface area contributed by atoms with Gasteiger partial charge in [-0.25, -0.2) is 0 Å². The van der Waals surface area contributed by atoms with Gasteiger partial charge in [0.2, 0.25) is 5.91 Å². The van der Waals surface area contributed by atoms with Crippen molar-refractivity contribution >= 4 is 5.91 Å². The summed E-state index contributed by atoms with van der Waals surface area (Å²) in [5.74, 6) is 1.61. The van der Waals surface area contributed by atoms with Crippen molar-refractivity contribution in [3.05, 3.63) is 23.7 Å². The zero-order chi connectivity index (χ0) is 13.9. The number of nitrogens with two attached hydrogens (primary N) is 1. The van der Waals surface area contributed by atoms with Gasteiger partial charge in [-0.3, -0.25) is 4.79 Å². The quantitative estimate of drug-likeness (QED) is 0.866. The SMILES string of the molecule is Cc1ccc(C(C)NC(=O)C2(CN)CCOCC2)o1. The number of hydrogen-bond acceptors (Lipinski definition) is 4. The number of hydrogen-bond donors (Lipinski definition) is 2. The number of carbonyl (C=O) groups is 1. The lowest BCUT2D eigenvalue weighted by Crippen LogP contribution is -2.49. The Hall–Kier alpha value is -1.33. The minimum atomic E-state index is -0.492. The molecule has 3 N–H and O–H groups in total. The molecule has 5 heteroatoms. The first-order valence-corrected chi connectivity index (χ1v) is 6.72. The molecule has 0 radical (unpaired) electrons. The van der Waals surface area contributed by atoms with Crippen LogP contribution in [0.3, 0.4) is 0 Å². The van der Waals surface area contributed by atoms with Gasteiger partial charge < -0.3 is 20.2 Å². The smallest absolute Gasteiger partial charge is 0.228 e. The van der Waals surface area contributed by atoms with Gasteiger partial charge in [-0.2, -0.15) is 0 Å². The molecular weight excluding hydrogens is 244 g/mol. The first-order chi connectivity index (χ1) is 9.07. The van der Waals surface area contributed by atoms with Crippen LogP contribution in [-0.2, 0) is 9.53 Å². The fourth-order valence-corrected chi connectivity index (χ4v) is 2.39. The molecule has 19 heavy (non-hydrogen) atoms. The zero-order valence-electron chi connectivity index (χ0n) is 11.6. The topological polar surface area (TPSA) is 77.5 Å². The molecule has 1 aliphatic rings. The van der Waals surface area contributed by atoms with E-state index in [2.05, 4.69) is 5.32 Å². The highest BCUT2D eigenvalue weighted by Gasteiger charge is 2.39. The van der Waals surface area contributed by atoms with Crippen LogP contribution in [0, 0.1) is 12.3 Å². The maximum absolute atomic E-state index is 12.5. The first kappa shape index (κ1) is 14.1. The van der Waals surface area contributed by atoms with Crippen LogP contribution in [0.2, 0.25) is 0 Å². The van der Waals surface area contributed by atoms with Crippen molar-refractivity contribution in [1.29, 1.82) is 0 Å². The minimum absolute atomic E-state index is 0.000136. The summed E-state index contributed by atoms with van der Waals surface area (Å²) < 4.78 is 10.8. The fourth-order valence-electron chi connectivity index (χ4n) is 2.39. The second-order valence-corrected chi connectivity index (χ2v) is 5.24. The number of carbonyl (C=O) groups excluding carboxylic acids is 1. The third-order valence-electron chi connectivity index (χ3n) is 3.86. The minimum Gasteiger partial charge on any atom is -0.464 e. The van der Waals surface area contributed by atoms with Gasteiger partial charge in [-0.15, -0.1) is 0 Å². The maximum Gasteiger partial charge on any atom is 0.228 e. The van der Waals surface area contributed by atoms with Crippen molar-refractivity contribution in [3.8, 4) is 0 Å². The van der Waals surface area contributed by atoms with Gasteiger partial charge in [-0.05, 0) is 38.8 Å². The predicted molar refractivity (Wildman–Crippen MR) is 71.5 cm³/mol. The molecule has 2 rings (SSSR count). The third kappa shape index (κ3) is 2.98. The van der Waals surface area contributed by atoms with Gasteiger partial charge in [0, 0.05) is 19.8 Å². The summed E-state index contributed by atoms with van der Waals surface area (Å²) in [5.41, 5.74) is 5.33. The standard InChI is InChI=1S/C14H22N2O3/c1-10-3-4-12(19-10)11(2)16-13(17)14(9-15)5-7-18-8-6-14/h3-4,11H,5-9,15H2,1-2H3,(H,16,17). The largest absolute Gasteiger partial charge is 0.464 e. The Morgan fingerprint density at radius 2 is 2.16 bits per heavy atom. The summed E-state index contributed by atoms with van der Waals surface area (Å²) in [4.78, 5) is 12.5. The number of ether oxygens (including phenoxy) is 1. The molecule has 1 unspecified atom stereocenters. The van der Waals surface area contributed by atoms with Crippen LogP contribution in [0.1, 0.15) is 37.3 Å². The second kappa shape index (κ2) is 5.75. The van der Waals surface area contributed by atoms with E-state index < -0.39 is 5.41 Å². The number of rotatable bonds is 4. The molecule has 1 aromatic rings. The van der Waals surface area contributed by atoms with E-state index in [0.717, 1.165) is 11.5 Å². The molecule has 0 aromatic carbocycles. The number of aryl methyl sites for hydroxylation is 1. The summed E-state index contributed by atoms with van der Waals surface area (Å²) in [6.07, 6.45) is 1.36. The van der Waals surface area contributed by atoms with E-state index in [1.807, 2.05) is 26.0 Å². The lowest BCUT2D eigenvalue weighted by atomic mass is 9.79. The summed E-state index contributed by atoms with van der Waals surface area (Å²) in [6.45, 7) is 5.35. The molecule has 1 atom stereocenters. The van der Waals surface area contributed by atoms with Gasteiger partial charge in [-0.1, -0.05) is 0 Å². The molecule has 106 valence electrons.